The van der Waals surface area contributed by atoms with Crippen molar-refractivity contribution in [1.29, 1.82) is 0 Å². The van der Waals surface area contributed by atoms with E-state index in [1.807, 2.05) is 0 Å². The molecule has 106 valence electrons. The second-order valence-corrected chi connectivity index (χ2v) is 6.19. The van der Waals surface area contributed by atoms with Crippen LogP contribution >= 0.6 is 0 Å². The SMILES string of the molecule is CC(C)N(C)Cc1cccc(CNC2CCCC2)c1. The van der Waals surface area contributed by atoms with Crippen LogP contribution in [-0.2, 0) is 13.1 Å². The molecule has 1 aliphatic rings. The van der Waals surface area contributed by atoms with Gasteiger partial charge in [0.25, 0.3) is 0 Å². The quantitative estimate of drug-likeness (QED) is 0.841. The Morgan fingerprint density at radius 3 is 2.58 bits per heavy atom. The van der Waals surface area contributed by atoms with Crippen molar-refractivity contribution in [2.75, 3.05) is 7.05 Å². The molecular weight excluding hydrogens is 232 g/mol. The molecule has 1 aromatic rings. The third-order valence-corrected chi connectivity index (χ3v) is 4.25. The maximum Gasteiger partial charge on any atom is 0.0233 e. The second kappa shape index (κ2) is 7.06. The average Bonchev–Trinajstić information content (AvgIpc) is 2.90. The molecule has 0 spiro atoms. The molecule has 0 heterocycles. The van der Waals surface area contributed by atoms with Gasteiger partial charge in [-0.1, -0.05) is 37.1 Å². The zero-order chi connectivity index (χ0) is 13.7. The minimum Gasteiger partial charge on any atom is -0.310 e. The molecule has 0 unspecified atom stereocenters. The molecule has 2 rings (SSSR count). The molecule has 19 heavy (non-hydrogen) atoms. The lowest BCUT2D eigenvalue weighted by Crippen LogP contribution is -2.26. The summed E-state index contributed by atoms with van der Waals surface area (Å²) in [6.45, 7) is 6.54. The number of hydrogen-bond acceptors (Lipinski definition) is 2. The molecule has 2 heteroatoms. The largest absolute Gasteiger partial charge is 0.310 e. The van der Waals surface area contributed by atoms with E-state index in [0.717, 1.165) is 19.1 Å². The first kappa shape index (κ1) is 14.5. The van der Waals surface area contributed by atoms with E-state index in [9.17, 15) is 0 Å². The summed E-state index contributed by atoms with van der Waals surface area (Å²) in [5, 5.41) is 3.69. The van der Waals surface area contributed by atoms with E-state index in [2.05, 4.69) is 55.4 Å². The van der Waals surface area contributed by atoms with Crippen molar-refractivity contribution in [2.24, 2.45) is 0 Å². The van der Waals surface area contributed by atoms with E-state index in [1.54, 1.807) is 0 Å². The van der Waals surface area contributed by atoms with Crippen LogP contribution in [0.2, 0.25) is 0 Å². The standard InChI is InChI=1S/C17H28N2/c1-14(2)19(3)13-16-8-6-7-15(11-16)12-18-17-9-4-5-10-17/h6-8,11,14,17-18H,4-5,9-10,12-13H2,1-3H3. The molecule has 2 nitrogen and oxygen atoms in total. The molecule has 1 aliphatic carbocycles. The van der Waals surface area contributed by atoms with Crippen LogP contribution in [0.5, 0.6) is 0 Å². The van der Waals surface area contributed by atoms with Gasteiger partial charge in [0, 0.05) is 25.2 Å². The topological polar surface area (TPSA) is 15.3 Å². The van der Waals surface area contributed by atoms with Gasteiger partial charge in [0.15, 0.2) is 0 Å². The highest BCUT2D eigenvalue weighted by Crippen LogP contribution is 2.18. The summed E-state index contributed by atoms with van der Waals surface area (Å²) in [6, 6.07) is 10.4. The Bertz CT molecular complexity index is 381. The van der Waals surface area contributed by atoms with Crippen molar-refractivity contribution in [1.82, 2.24) is 10.2 Å². The van der Waals surface area contributed by atoms with Crippen LogP contribution in [-0.4, -0.2) is 24.0 Å². The van der Waals surface area contributed by atoms with E-state index in [1.165, 1.54) is 36.8 Å². The van der Waals surface area contributed by atoms with E-state index < -0.39 is 0 Å². The van der Waals surface area contributed by atoms with Gasteiger partial charge in [0.2, 0.25) is 0 Å². The number of hydrogen-bond donors (Lipinski definition) is 1. The Morgan fingerprint density at radius 1 is 1.21 bits per heavy atom. The molecule has 1 saturated carbocycles. The minimum absolute atomic E-state index is 0.597. The molecule has 1 aromatic carbocycles. The molecular formula is C17H28N2. The third kappa shape index (κ3) is 4.63. The van der Waals surface area contributed by atoms with Crippen LogP contribution in [0.1, 0.15) is 50.7 Å². The Balaban J connectivity index is 1.87. The summed E-state index contributed by atoms with van der Waals surface area (Å²) >= 11 is 0. The van der Waals surface area contributed by atoms with Crippen molar-refractivity contribution < 1.29 is 0 Å². The van der Waals surface area contributed by atoms with Crippen LogP contribution in [0.4, 0.5) is 0 Å². The monoisotopic (exact) mass is 260 g/mol. The zero-order valence-corrected chi connectivity index (χ0v) is 12.7. The molecule has 0 saturated heterocycles. The number of rotatable bonds is 6. The zero-order valence-electron chi connectivity index (χ0n) is 12.7. The van der Waals surface area contributed by atoms with Crippen LogP contribution in [0.25, 0.3) is 0 Å². The first-order chi connectivity index (χ1) is 9.15. The number of nitrogens with zero attached hydrogens (tertiary/aromatic N) is 1. The summed E-state index contributed by atoms with van der Waals surface area (Å²) < 4.78 is 0. The first-order valence-corrected chi connectivity index (χ1v) is 7.66. The normalized spacial score (nSPS) is 16.7. The predicted molar refractivity (Wildman–Crippen MR) is 82.1 cm³/mol. The summed E-state index contributed by atoms with van der Waals surface area (Å²) in [4.78, 5) is 2.38. The van der Waals surface area contributed by atoms with E-state index in [-0.39, 0.29) is 0 Å². The van der Waals surface area contributed by atoms with Gasteiger partial charge in [0.05, 0.1) is 0 Å². The van der Waals surface area contributed by atoms with Gasteiger partial charge >= 0.3 is 0 Å². The van der Waals surface area contributed by atoms with Crippen LogP contribution in [0.3, 0.4) is 0 Å². The highest BCUT2D eigenvalue weighted by atomic mass is 15.1. The highest BCUT2D eigenvalue weighted by molar-refractivity contribution is 5.23. The van der Waals surface area contributed by atoms with E-state index in [4.69, 9.17) is 0 Å². The third-order valence-electron chi connectivity index (χ3n) is 4.25. The Morgan fingerprint density at radius 2 is 1.89 bits per heavy atom. The number of benzene rings is 1. The lowest BCUT2D eigenvalue weighted by Gasteiger charge is -2.21. The molecule has 0 radical (unpaired) electrons. The summed E-state index contributed by atoms with van der Waals surface area (Å²) in [5.41, 5.74) is 2.84. The van der Waals surface area contributed by atoms with Crippen molar-refractivity contribution >= 4 is 0 Å². The van der Waals surface area contributed by atoms with Crippen molar-refractivity contribution in [2.45, 2.75) is 64.7 Å². The highest BCUT2D eigenvalue weighted by Gasteiger charge is 2.13. The molecule has 1 N–H and O–H groups in total. The van der Waals surface area contributed by atoms with Gasteiger partial charge in [-0.3, -0.25) is 4.90 Å². The van der Waals surface area contributed by atoms with Crippen LogP contribution < -0.4 is 5.32 Å². The van der Waals surface area contributed by atoms with E-state index >= 15 is 0 Å². The van der Waals surface area contributed by atoms with Crippen LogP contribution in [0, 0.1) is 0 Å². The smallest absolute Gasteiger partial charge is 0.0233 e. The van der Waals surface area contributed by atoms with Crippen molar-refractivity contribution in [3.05, 3.63) is 35.4 Å². The summed E-state index contributed by atoms with van der Waals surface area (Å²) in [7, 11) is 2.19. The summed E-state index contributed by atoms with van der Waals surface area (Å²) in [5.74, 6) is 0. The van der Waals surface area contributed by atoms with Crippen LogP contribution in [0.15, 0.2) is 24.3 Å². The van der Waals surface area contributed by atoms with Gasteiger partial charge < -0.3 is 5.32 Å². The number of nitrogens with one attached hydrogen (secondary N) is 1. The van der Waals surface area contributed by atoms with Gasteiger partial charge in [-0.25, -0.2) is 0 Å². The Labute approximate surface area is 118 Å². The molecule has 1 fully saturated rings. The summed E-state index contributed by atoms with van der Waals surface area (Å²) in [6.07, 6.45) is 5.51. The fourth-order valence-electron chi connectivity index (χ4n) is 2.70. The maximum atomic E-state index is 3.69. The van der Waals surface area contributed by atoms with E-state index in [0.29, 0.717) is 6.04 Å². The van der Waals surface area contributed by atoms with Gasteiger partial charge in [-0.05, 0) is 44.9 Å². The lowest BCUT2D eigenvalue weighted by molar-refractivity contribution is 0.265. The Hall–Kier alpha value is -0.860. The molecule has 0 aliphatic heterocycles. The molecule has 0 atom stereocenters. The van der Waals surface area contributed by atoms with Crippen molar-refractivity contribution in [3.8, 4) is 0 Å². The van der Waals surface area contributed by atoms with Gasteiger partial charge in [-0.15, -0.1) is 0 Å². The second-order valence-electron chi connectivity index (χ2n) is 6.19. The van der Waals surface area contributed by atoms with Gasteiger partial charge in [-0.2, -0.15) is 0 Å². The lowest BCUT2D eigenvalue weighted by atomic mass is 10.1. The predicted octanol–water partition coefficient (Wildman–Crippen LogP) is 3.56. The maximum absolute atomic E-state index is 3.69. The molecule has 0 bridgehead atoms. The fourth-order valence-corrected chi connectivity index (χ4v) is 2.70. The minimum atomic E-state index is 0.597. The average molecular weight is 260 g/mol. The first-order valence-electron chi connectivity index (χ1n) is 7.66. The molecule has 0 amide bonds. The Kier molecular flexibility index (Phi) is 5.41. The molecule has 0 aromatic heterocycles. The van der Waals surface area contributed by atoms with Crippen molar-refractivity contribution in [3.63, 3.8) is 0 Å². The van der Waals surface area contributed by atoms with Gasteiger partial charge in [0.1, 0.15) is 0 Å². The fraction of sp³-hybridized carbons (Fsp3) is 0.647.